The van der Waals surface area contributed by atoms with Crippen LogP contribution in [0.2, 0.25) is 5.02 Å². The number of hydrogen-bond donors (Lipinski definition) is 1. The first kappa shape index (κ1) is 15.4. The lowest BCUT2D eigenvalue weighted by Gasteiger charge is -2.13. The minimum Gasteiger partial charge on any atom is -0.456 e. The van der Waals surface area contributed by atoms with Gasteiger partial charge in [0.25, 0.3) is 0 Å². The largest absolute Gasteiger partial charge is 0.456 e. The van der Waals surface area contributed by atoms with Crippen molar-refractivity contribution >= 4 is 27.5 Å². The lowest BCUT2D eigenvalue weighted by atomic mass is 10.1. The van der Waals surface area contributed by atoms with E-state index in [4.69, 9.17) is 22.1 Å². The Morgan fingerprint density at radius 1 is 1.20 bits per heavy atom. The highest BCUT2D eigenvalue weighted by molar-refractivity contribution is 9.10. The molecule has 4 heteroatoms. The summed E-state index contributed by atoms with van der Waals surface area (Å²) in [7, 11) is 0. The van der Waals surface area contributed by atoms with Gasteiger partial charge < -0.3 is 10.5 Å². The molecule has 106 valence electrons. The van der Waals surface area contributed by atoms with Crippen LogP contribution in [0.15, 0.2) is 40.9 Å². The molecule has 1 atom stereocenters. The highest BCUT2D eigenvalue weighted by atomic mass is 79.9. The van der Waals surface area contributed by atoms with Crippen LogP contribution >= 0.6 is 27.5 Å². The molecule has 0 fully saturated rings. The Kier molecular flexibility index (Phi) is 5.08. The average Bonchev–Trinajstić information content (AvgIpc) is 2.36. The van der Waals surface area contributed by atoms with Crippen LogP contribution in [-0.2, 0) is 6.42 Å². The van der Waals surface area contributed by atoms with Crippen LogP contribution in [0.25, 0.3) is 0 Å². The molecule has 2 aromatic rings. The Hall–Kier alpha value is -1.03. The van der Waals surface area contributed by atoms with Gasteiger partial charge in [0.15, 0.2) is 0 Å². The quantitative estimate of drug-likeness (QED) is 0.829. The van der Waals surface area contributed by atoms with Crippen LogP contribution in [0.1, 0.15) is 18.1 Å². The summed E-state index contributed by atoms with van der Waals surface area (Å²) >= 11 is 9.56. The molecule has 0 aliphatic heterocycles. The number of ether oxygens (including phenoxy) is 1. The van der Waals surface area contributed by atoms with E-state index in [1.807, 2.05) is 44.2 Å². The van der Waals surface area contributed by atoms with E-state index in [1.165, 1.54) is 0 Å². The number of rotatable bonds is 4. The predicted octanol–water partition coefficient (Wildman–Crippen LogP) is 5.09. The SMILES string of the molecule is Cc1ccc(CC(C)N)cc1Oc1ccc(Br)cc1Cl. The molecule has 2 aromatic carbocycles. The number of hydrogen-bond acceptors (Lipinski definition) is 2. The van der Waals surface area contributed by atoms with Crippen molar-refractivity contribution in [3.8, 4) is 11.5 Å². The molecule has 0 amide bonds. The van der Waals surface area contributed by atoms with Crippen molar-refractivity contribution < 1.29 is 4.74 Å². The molecule has 0 spiro atoms. The number of nitrogens with two attached hydrogens (primary N) is 1. The van der Waals surface area contributed by atoms with Crippen LogP contribution in [0.4, 0.5) is 0 Å². The van der Waals surface area contributed by atoms with Crippen molar-refractivity contribution in [3.05, 3.63) is 57.0 Å². The highest BCUT2D eigenvalue weighted by Crippen LogP contribution is 2.33. The molecule has 0 aliphatic rings. The summed E-state index contributed by atoms with van der Waals surface area (Å²) in [5.74, 6) is 1.46. The molecule has 0 bridgehead atoms. The molecule has 1 unspecified atom stereocenters. The Labute approximate surface area is 133 Å². The fourth-order valence-corrected chi connectivity index (χ4v) is 2.64. The number of halogens is 2. The maximum atomic E-state index is 6.18. The summed E-state index contributed by atoms with van der Waals surface area (Å²) in [6.07, 6.45) is 0.824. The summed E-state index contributed by atoms with van der Waals surface area (Å²) in [6, 6.07) is 11.8. The van der Waals surface area contributed by atoms with E-state index in [0.717, 1.165) is 27.8 Å². The lowest BCUT2D eigenvalue weighted by molar-refractivity contribution is 0.478. The van der Waals surface area contributed by atoms with E-state index in [9.17, 15) is 0 Å². The monoisotopic (exact) mass is 353 g/mol. The zero-order chi connectivity index (χ0) is 14.7. The second-order valence-corrected chi connectivity index (χ2v) is 6.28. The number of aryl methyl sites for hydroxylation is 1. The van der Waals surface area contributed by atoms with E-state index in [0.29, 0.717) is 10.8 Å². The lowest BCUT2D eigenvalue weighted by Crippen LogP contribution is -2.17. The normalized spacial score (nSPS) is 12.2. The summed E-state index contributed by atoms with van der Waals surface area (Å²) in [4.78, 5) is 0. The first-order valence-electron chi connectivity index (χ1n) is 6.43. The van der Waals surface area contributed by atoms with Gasteiger partial charge in [0.1, 0.15) is 11.5 Å². The first-order valence-corrected chi connectivity index (χ1v) is 7.61. The Morgan fingerprint density at radius 3 is 2.60 bits per heavy atom. The molecule has 0 heterocycles. The van der Waals surface area contributed by atoms with Crippen LogP contribution in [-0.4, -0.2) is 6.04 Å². The molecule has 2 N–H and O–H groups in total. The van der Waals surface area contributed by atoms with Gasteiger partial charge in [-0.05, 0) is 55.7 Å². The van der Waals surface area contributed by atoms with Crippen molar-refractivity contribution in [1.29, 1.82) is 0 Å². The summed E-state index contributed by atoms with van der Waals surface area (Å²) in [5.41, 5.74) is 8.07. The third kappa shape index (κ3) is 3.98. The van der Waals surface area contributed by atoms with Crippen molar-refractivity contribution in [2.75, 3.05) is 0 Å². The van der Waals surface area contributed by atoms with Crippen LogP contribution in [0.5, 0.6) is 11.5 Å². The molecule has 20 heavy (non-hydrogen) atoms. The van der Waals surface area contributed by atoms with E-state index in [-0.39, 0.29) is 6.04 Å². The molecule has 0 radical (unpaired) electrons. The molecule has 0 saturated heterocycles. The van der Waals surface area contributed by atoms with Gasteiger partial charge in [-0.15, -0.1) is 0 Å². The summed E-state index contributed by atoms with van der Waals surface area (Å²) < 4.78 is 6.85. The topological polar surface area (TPSA) is 35.2 Å². The van der Waals surface area contributed by atoms with E-state index in [1.54, 1.807) is 0 Å². The van der Waals surface area contributed by atoms with Gasteiger partial charge in [-0.2, -0.15) is 0 Å². The van der Waals surface area contributed by atoms with Gasteiger partial charge in [0.2, 0.25) is 0 Å². The summed E-state index contributed by atoms with van der Waals surface area (Å²) in [5, 5.41) is 0.580. The zero-order valence-electron chi connectivity index (χ0n) is 11.5. The Balaban J connectivity index is 2.27. The second kappa shape index (κ2) is 6.61. The molecule has 0 saturated carbocycles. The highest BCUT2D eigenvalue weighted by Gasteiger charge is 2.08. The third-order valence-corrected chi connectivity index (χ3v) is 3.71. The smallest absolute Gasteiger partial charge is 0.146 e. The first-order chi connectivity index (χ1) is 9.45. The van der Waals surface area contributed by atoms with Gasteiger partial charge in [0.05, 0.1) is 5.02 Å². The van der Waals surface area contributed by atoms with Gasteiger partial charge in [-0.3, -0.25) is 0 Å². The van der Waals surface area contributed by atoms with Gasteiger partial charge >= 0.3 is 0 Å². The van der Waals surface area contributed by atoms with E-state index < -0.39 is 0 Å². The molecular weight excluding hydrogens is 338 g/mol. The van der Waals surface area contributed by atoms with E-state index >= 15 is 0 Å². The van der Waals surface area contributed by atoms with Crippen LogP contribution in [0, 0.1) is 6.92 Å². The predicted molar refractivity (Wildman–Crippen MR) is 87.8 cm³/mol. The van der Waals surface area contributed by atoms with Crippen LogP contribution < -0.4 is 10.5 Å². The van der Waals surface area contributed by atoms with Crippen molar-refractivity contribution in [2.24, 2.45) is 5.73 Å². The molecule has 2 nitrogen and oxygen atoms in total. The second-order valence-electron chi connectivity index (χ2n) is 4.96. The van der Waals surface area contributed by atoms with Gasteiger partial charge in [0, 0.05) is 10.5 Å². The van der Waals surface area contributed by atoms with Crippen LogP contribution in [0.3, 0.4) is 0 Å². The molecule has 0 aromatic heterocycles. The standard InChI is InChI=1S/C16H17BrClNO/c1-10-3-4-12(7-11(2)19)8-16(10)20-15-6-5-13(17)9-14(15)18/h3-6,8-9,11H,7,19H2,1-2H3. The fraction of sp³-hybridized carbons (Fsp3) is 0.250. The van der Waals surface area contributed by atoms with Crippen molar-refractivity contribution in [2.45, 2.75) is 26.3 Å². The molecule has 0 aliphatic carbocycles. The van der Waals surface area contributed by atoms with Gasteiger partial charge in [-0.25, -0.2) is 0 Å². The molecule has 2 rings (SSSR count). The average molecular weight is 355 g/mol. The van der Waals surface area contributed by atoms with Crippen molar-refractivity contribution in [1.82, 2.24) is 0 Å². The molecular formula is C16H17BrClNO. The maximum absolute atomic E-state index is 6.18. The Bertz CT molecular complexity index is 613. The Morgan fingerprint density at radius 2 is 1.95 bits per heavy atom. The maximum Gasteiger partial charge on any atom is 0.146 e. The number of benzene rings is 2. The zero-order valence-corrected chi connectivity index (χ0v) is 13.8. The van der Waals surface area contributed by atoms with E-state index in [2.05, 4.69) is 22.0 Å². The fourth-order valence-electron chi connectivity index (χ4n) is 1.93. The minimum absolute atomic E-state index is 0.127. The van der Waals surface area contributed by atoms with Crippen molar-refractivity contribution in [3.63, 3.8) is 0 Å². The van der Waals surface area contributed by atoms with Gasteiger partial charge in [-0.1, -0.05) is 39.7 Å². The summed E-state index contributed by atoms with van der Waals surface area (Å²) in [6.45, 7) is 4.00. The third-order valence-electron chi connectivity index (χ3n) is 2.92. The minimum atomic E-state index is 0.127.